The van der Waals surface area contributed by atoms with Crippen LogP contribution in [-0.2, 0) is 13.0 Å². The maximum Gasteiger partial charge on any atom is 0.191 e. The fourth-order valence-electron chi connectivity index (χ4n) is 3.17. The molecule has 2 heterocycles. The van der Waals surface area contributed by atoms with Crippen molar-refractivity contribution in [3.05, 3.63) is 53.6 Å². The van der Waals surface area contributed by atoms with Crippen molar-refractivity contribution in [2.75, 3.05) is 13.6 Å². The van der Waals surface area contributed by atoms with Crippen LogP contribution in [-0.4, -0.2) is 24.7 Å². The molecule has 2 N–H and O–H groups in total. The van der Waals surface area contributed by atoms with Crippen LogP contribution in [0.25, 0.3) is 11.0 Å². The summed E-state index contributed by atoms with van der Waals surface area (Å²) >= 11 is 0. The SMILES string of the molecule is CCC(CC)c1cc(CNC(=NC)NCCc2cc3ccccc3o2)on1. The van der Waals surface area contributed by atoms with Crippen molar-refractivity contribution in [2.45, 2.75) is 45.6 Å². The smallest absolute Gasteiger partial charge is 0.191 e. The predicted octanol–water partition coefficient (Wildman–Crippen LogP) is 4.23. The third-order valence-electron chi connectivity index (χ3n) is 4.78. The van der Waals surface area contributed by atoms with E-state index < -0.39 is 0 Å². The van der Waals surface area contributed by atoms with Crippen LogP contribution in [0.15, 0.2) is 50.3 Å². The predicted molar refractivity (Wildman–Crippen MR) is 108 cm³/mol. The summed E-state index contributed by atoms with van der Waals surface area (Å²) in [5, 5.41) is 11.9. The first kappa shape index (κ1) is 19.0. The van der Waals surface area contributed by atoms with Gasteiger partial charge in [-0.2, -0.15) is 0 Å². The van der Waals surface area contributed by atoms with Crippen molar-refractivity contribution >= 4 is 16.9 Å². The molecular formula is C21H28N4O2. The second kappa shape index (κ2) is 9.26. The average Bonchev–Trinajstić information content (AvgIpc) is 3.32. The zero-order chi connectivity index (χ0) is 19.1. The minimum Gasteiger partial charge on any atom is -0.461 e. The van der Waals surface area contributed by atoms with Crippen molar-refractivity contribution in [1.29, 1.82) is 0 Å². The number of nitrogens with zero attached hydrogens (tertiary/aromatic N) is 2. The molecule has 6 heteroatoms. The fourth-order valence-corrected chi connectivity index (χ4v) is 3.17. The molecule has 0 fully saturated rings. The topological polar surface area (TPSA) is 75.6 Å². The quantitative estimate of drug-likeness (QED) is 0.460. The molecule has 0 atom stereocenters. The summed E-state index contributed by atoms with van der Waals surface area (Å²) in [5.74, 6) is 2.97. The number of rotatable bonds is 8. The van der Waals surface area contributed by atoms with Crippen LogP contribution in [0.3, 0.4) is 0 Å². The van der Waals surface area contributed by atoms with Crippen LogP contribution >= 0.6 is 0 Å². The molecule has 0 aliphatic rings. The molecule has 3 rings (SSSR count). The van der Waals surface area contributed by atoms with Gasteiger partial charge in [-0.25, -0.2) is 0 Å². The molecule has 0 saturated carbocycles. The highest BCUT2D eigenvalue weighted by Gasteiger charge is 2.13. The van der Waals surface area contributed by atoms with Crippen LogP contribution in [0.1, 0.15) is 49.8 Å². The van der Waals surface area contributed by atoms with Gasteiger partial charge in [-0.1, -0.05) is 37.2 Å². The number of fused-ring (bicyclic) bond motifs is 1. The van der Waals surface area contributed by atoms with Crippen molar-refractivity contribution < 1.29 is 8.94 Å². The normalized spacial score (nSPS) is 12.1. The van der Waals surface area contributed by atoms with Crippen molar-refractivity contribution in [2.24, 2.45) is 4.99 Å². The molecule has 0 aliphatic carbocycles. The Kier molecular flexibility index (Phi) is 6.52. The summed E-state index contributed by atoms with van der Waals surface area (Å²) in [6, 6.07) is 12.2. The molecule has 27 heavy (non-hydrogen) atoms. The van der Waals surface area contributed by atoms with E-state index in [2.05, 4.69) is 46.8 Å². The molecule has 6 nitrogen and oxygen atoms in total. The van der Waals surface area contributed by atoms with Gasteiger partial charge < -0.3 is 19.6 Å². The van der Waals surface area contributed by atoms with Gasteiger partial charge in [0.1, 0.15) is 11.3 Å². The molecule has 1 aromatic carbocycles. The number of furan rings is 1. The van der Waals surface area contributed by atoms with Crippen molar-refractivity contribution in [3.63, 3.8) is 0 Å². The first-order valence-corrected chi connectivity index (χ1v) is 9.61. The van der Waals surface area contributed by atoms with Gasteiger partial charge in [-0.15, -0.1) is 0 Å². The van der Waals surface area contributed by atoms with Crippen LogP contribution < -0.4 is 10.6 Å². The van der Waals surface area contributed by atoms with E-state index >= 15 is 0 Å². The Bertz CT molecular complexity index is 844. The van der Waals surface area contributed by atoms with Gasteiger partial charge in [0, 0.05) is 37.4 Å². The molecule has 0 amide bonds. The third kappa shape index (κ3) is 4.90. The molecule has 3 aromatic rings. The van der Waals surface area contributed by atoms with Crippen LogP contribution in [0, 0.1) is 0 Å². The zero-order valence-electron chi connectivity index (χ0n) is 16.3. The number of para-hydroxylation sites is 1. The Hall–Kier alpha value is -2.76. The first-order valence-electron chi connectivity index (χ1n) is 9.61. The van der Waals surface area contributed by atoms with E-state index in [1.54, 1.807) is 7.05 Å². The van der Waals surface area contributed by atoms with Gasteiger partial charge in [0.05, 0.1) is 12.2 Å². The zero-order valence-corrected chi connectivity index (χ0v) is 16.3. The highest BCUT2D eigenvalue weighted by molar-refractivity contribution is 5.79. The highest BCUT2D eigenvalue weighted by atomic mass is 16.5. The lowest BCUT2D eigenvalue weighted by molar-refractivity contribution is 0.368. The fraction of sp³-hybridized carbons (Fsp3) is 0.429. The molecular weight excluding hydrogens is 340 g/mol. The molecule has 0 bridgehead atoms. The molecule has 0 unspecified atom stereocenters. The Labute approximate surface area is 160 Å². The summed E-state index contributed by atoms with van der Waals surface area (Å²) in [4.78, 5) is 4.25. The van der Waals surface area contributed by atoms with E-state index in [-0.39, 0.29) is 0 Å². The van der Waals surface area contributed by atoms with Gasteiger partial charge >= 0.3 is 0 Å². The third-order valence-corrected chi connectivity index (χ3v) is 4.78. The first-order chi connectivity index (χ1) is 13.2. The molecule has 0 saturated heterocycles. The van der Waals surface area contributed by atoms with Crippen LogP contribution in [0.4, 0.5) is 0 Å². The van der Waals surface area contributed by atoms with Crippen LogP contribution in [0.5, 0.6) is 0 Å². The van der Waals surface area contributed by atoms with E-state index in [9.17, 15) is 0 Å². The van der Waals surface area contributed by atoms with E-state index in [4.69, 9.17) is 8.94 Å². The number of hydrogen-bond acceptors (Lipinski definition) is 4. The van der Waals surface area contributed by atoms with E-state index in [1.165, 1.54) is 0 Å². The van der Waals surface area contributed by atoms with E-state index in [1.807, 2.05) is 24.3 Å². The standard InChI is InChI=1S/C21H28N4O2/c1-4-15(5-2)19-13-18(27-25-19)14-24-21(22-3)23-11-10-17-12-16-8-6-7-9-20(16)26-17/h6-9,12-13,15H,4-5,10-11,14H2,1-3H3,(H2,22,23,24). The lowest BCUT2D eigenvalue weighted by atomic mass is 9.99. The lowest BCUT2D eigenvalue weighted by Gasteiger charge is -2.09. The van der Waals surface area contributed by atoms with Gasteiger partial charge in [0.15, 0.2) is 11.7 Å². The second-order valence-corrected chi connectivity index (χ2v) is 6.58. The summed E-state index contributed by atoms with van der Waals surface area (Å²) in [6.45, 7) is 5.63. The summed E-state index contributed by atoms with van der Waals surface area (Å²) in [6.07, 6.45) is 2.93. The second-order valence-electron chi connectivity index (χ2n) is 6.58. The molecule has 2 aromatic heterocycles. The Morgan fingerprint density at radius 3 is 2.67 bits per heavy atom. The molecule has 144 valence electrons. The summed E-state index contributed by atoms with van der Waals surface area (Å²) in [7, 11) is 1.76. The van der Waals surface area contributed by atoms with Gasteiger partial charge in [-0.05, 0) is 25.0 Å². The van der Waals surface area contributed by atoms with Gasteiger partial charge in [0.2, 0.25) is 0 Å². The number of hydrogen-bond donors (Lipinski definition) is 2. The van der Waals surface area contributed by atoms with E-state index in [0.717, 1.165) is 60.0 Å². The van der Waals surface area contributed by atoms with Crippen molar-refractivity contribution in [3.8, 4) is 0 Å². The maximum atomic E-state index is 5.84. The van der Waals surface area contributed by atoms with Crippen LogP contribution in [0.2, 0.25) is 0 Å². The minimum atomic E-state index is 0.462. The van der Waals surface area contributed by atoms with Gasteiger partial charge in [0.25, 0.3) is 0 Å². The average molecular weight is 368 g/mol. The number of aromatic nitrogens is 1. The molecule has 0 spiro atoms. The Morgan fingerprint density at radius 2 is 1.93 bits per heavy atom. The lowest BCUT2D eigenvalue weighted by Crippen LogP contribution is -2.37. The molecule has 0 aliphatic heterocycles. The monoisotopic (exact) mass is 368 g/mol. The number of benzene rings is 1. The summed E-state index contributed by atoms with van der Waals surface area (Å²) in [5.41, 5.74) is 1.96. The number of aliphatic imine (C=N–C) groups is 1. The number of guanidine groups is 1. The highest BCUT2D eigenvalue weighted by Crippen LogP contribution is 2.22. The largest absolute Gasteiger partial charge is 0.461 e. The summed E-state index contributed by atoms with van der Waals surface area (Å²) < 4.78 is 11.3. The van der Waals surface area contributed by atoms with Gasteiger partial charge in [-0.3, -0.25) is 4.99 Å². The van der Waals surface area contributed by atoms with E-state index in [0.29, 0.717) is 12.5 Å². The Balaban J connectivity index is 1.46. The number of nitrogens with one attached hydrogen (secondary N) is 2. The minimum absolute atomic E-state index is 0.462. The molecule has 0 radical (unpaired) electrons. The Morgan fingerprint density at radius 1 is 1.11 bits per heavy atom. The van der Waals surface area contributed by atoms with Crippen molar-refractivity contribution in [1.82, 2.24) is 15.8 Å². The maximum absolute atomic E-state index is 5.84.